The number of ether oxygens (including phenoxy) is 1. The number of rotatable bonds is 3. The van der Waals surface area contributed by atoms with Gasteiger partial charge in [0.1, 0.15) is 5.82 Å². The first-order valence-electron chi connectivity index (χ1n) is 5.35. The van der Waals surface area contributed by atoms with Crippen LogP contribution in [-0.4, -0.2) is 23.4 Å². The molecule has 1 aliphatic rings. The topological polar surface area (TPSA) is 52.4 Å². The van der Waals surface area contributed by atoms with Gasteiger partial charge in [0.2, 0.25) is 0 Å². The van der Waals surface area contributed by atoms with Gasteiger partial charge in [-0.2, -0.15) is 0 Å². The van der Waals surface area contributed by atoms with E-state index in [0.29, 0.717) is 23.4 Å². The van der Waals surface area contributed by atoms with Gasteiger partial charge in [0.05, 0.1) is 11.0 Å². The van der Waals surface area contributed by atoms with Crippen LogP contribution in [0, 0.1) is 15.9 Å². The van der Waals surface area contributed by atoms with Crippen molar-refractivity contribution in [2.24, 2.45) is 0 Å². The average Bonchev–Trinajstić information content (AvgIpc) is 2.33. The fourth-order valence-electron chi connectivity index (χ4n) is 1.67. The Kier molecular flexibility index (Phi) is 3.96. The minimum absolute atomic E-state index is 0.209. The van der Waals surface area contributed by atoms with Crippen LogP contribution >= 0.6 is 11.8 Å². The van der Waals surface area contributed by atoms with Gasteiger partial charge in [-0.05, 0) is 18.9 Å². The molecule has 1 heterocycles. The molecule has 0 aromatic heterocycles. The lowest BCUT2D eigenvalue weighted by molar-refractivity contribution is -0.385. The average molecular weight is 257 g/mol. The standard InChI is InChI=1S/C11H12FNO3S/c12-10-7-8(13(14)15)1-2-11(10)17-9-3-5-16-6-4-9/h1-2,7,9H,3-6H2. The molecule has 92 valence electrons. The van der Waals surface area contributed by atoms with Gasteiger partial charge in [-0.25, -0.2) is 4.39 Å². The smallest absolute Gasteiger partial charge is 0.272 e. The molecule has 0 aliphatic carbocycles. The van der Waals surface area contributed by atoms with Crippen LogP contribution in [-0.2, 0) is 4.74 Å². The molecule has 6 heteroatoms. The SMILES string of the molecule is O=[N+]([O-])c1ccc(SC2CCOCC2)c(F)c1. The monoisotopic (exact) mass is 257 g/mol. The van der Waals surface area contributed by atoms with Crippen molar-refractivity contribution in [2.45, 2.75) is 23.0 Å². The van der Waals surface area contributed by atoms with Gasteiger partial charge in [-0.3, -0.25) is 10.1 Å². The van der Waals surface area contributed by atoms with Crippen molar-refractivity contribution in [2.75, 3.05) is 13.2 Å². The molecule has 0 N–H and O–H groups in total. The van der Waals surface area contributed by atoms with Crippen molar-refractivity contribution in [3.8, 4) is 0 Å². The Hall–Kier alpha value is -1.14. The zero-order valence-corrected chi connectivity index (χ0v) is 9.91. The van der Waals surface area contributed by atoms with Gasteiger partial charge < -0.3 is 4.74 Å². The molecule has 0 amide bonds. The highest BCUT2D eigenvalue weighted by molar-refractivity contribution is 8.00. The van der Waals surface area contributed by atoms with Crippen LogP contribution in [0.2, 0.25) is 0 Å². The maximum atomic E-state index is 13.6. The van der Waals surface area contributed by atoms with E-state index in [4.69, 9.17) is 4.74 Å². The quantitative estimate of drug-likeness (QED) is 0.617. The number of non-ortho nitro benzene ring substituents is 1. The molecule has 1 aliphatic heterocycles. The van der Waals surface area contributed by atoms with Crippen molar-refractivity contribution >= 4 is 17.4 Å². The first kappa shape index (κ1) is 12.3. The summed E-state index contributed by atoms with van der Waals surface area (Å²) in [5.41, 5.74) is -0.209. The largest absolute Gasteiger partial charge is 0.381 e. The lowest BCUT2D eigenvalue weighted by atomic mass is 10.2. The minimum atomic E-state index is -0.591. The zero-order chi connectivity index (χ0) is 12.3. The summed E-state index contributed by atoms with van der Waals surface area (Å²) in [7, 11) is 0. The highest BCUT2D eigenvalue weighted by atomic mass is 32.2. The molecule has 1 fully saturated rings. The predicted octanol–water partition coefficient (Wildman–Crippen LogP) is 3.01. The van der Waals surface area contributed by atoms with Gasteiger partial charge in [0.25, 0.3) is 5.69 Å². The second-order valence-corrected chi connectivity index (χ2v) is 5.14. The molecular formula is C11H12FNO3S. The molecule has 1 saturated heterocycles. The Morgan fingerprint density at radius 3 is 2.71 bits per heavy atom. The summed E-state index contributed by atoms with van der Waals surface area (Å²) < 4.78 is 18.8. The molecule has 0 radical (unpaired) electrons. The van der Waals surface area contributed by atoms with Crippen LogP contribution in [0.25, 0.3) is 0 Å². The van der Waals surface area contributed by atoms with Crippen LogP contribution in [0.1, 0.15) is 12.8 Å². The number of benzene rings is 1. The third-order valence-electron chi connectivity index (χ3n) is 2.59. The maximum absolute atomic E-state index is 13.6. The highest BCUT2D eigenvalue weighted by Gasteiger charge is 2.18. The van der Waals surface area contributed by atoms with Crippen LogP contribution in [0.5, 0.6) is 0 Å². The second-order valence-electron chi connectivity index (χ2n) is 3.80. The number of hydrogen-bond donors (Lipinski definition) is 0. The van der Waals surface area contributed by atoms with E-state index < -0.39 is 10.7 Å². The Bertz CT molecular complexity index is 421. The summed E-state index contributed by atoms with van der Waals surface area (Å²) in [6, 6.07) is 3.79. The van der Waals surface area contributed by atoms with Crippen LogP contribution < -0.4 is 0 Å². The van der Waals surface area contributed by atoms with E-state index in [1.807, 2.05) is 0 Å². The van der Waals surface area contributed by atoms with Crippen molar-refractivity contribution < 1.29 is 14.1 Å². The van der Waals surface area contributed by atoms with Crippen LogP contribution in [0.15, 0.2) is 23.1 Å². The summed E-state index contributed by atoms with van der Waals surface area (Å²) in [5.74, 6) is -0.518. The van der Waals surface area contributed by atoms with E-state index in [1.165, 1.54) is 23.9 Å². The van der Waals surface area contributed by atoms with E-state index in [2.05, 4.69) is 0 Å². The lowest BCUT2D eigenvalue weighted by Gasteiger charge is -2.21. The number of nitrogens with zero attached hydrogens (tertiary/aromatic N) is 1. The van der Waals surface area contributed by atoms with E-state index in [9.17, 15) is 14.5 Å². The molecule has 1 aromatic carbocycles. The lowest BCUT2D eigenvalue weighted by Crippen LogP contribution is -2.17. The zero-order valence-electron chi connectivity index (χ0n) is 9.10. The van der Waals surface area contributed by atoms with Crippen molar-refractivity contribution in [1.82, 2.24) is 0 Å². The van der Waals surface area contributed by atoms with E-state index in [1.54, 1.807) is 0 Å². The maximum Gasteiger partial charge on any atom is 0.272 e. The molecule has 0 unspecified atom stereocenters. The number of hydrogen-bond acceptors (Lipinski definition) is 4. The molecule has 0 atom stereocenters. The van der Waals surface area contributed by atoms with Crippen LogP contribution in [0.4, 0.5) is 10.1 Å². The summed E-state index contributed by atoms with van der Waals surface area (Å²) in [4.78, 5) is 10.4. The van der Waals surface area contributed by atoms with Gasteiger partial charge in [-0.1, -0.05) is 0 Å². The van der Waals surface area contributed by atoms with E-state index in [-0.39, 0.29) is 5.69 Å². The number of halogens is 1. The van der Waals surface area contributed by atoms with Gasteiger partial charge >= 0.3 is 0 Å². The fraction of sp³-hybridized carbons (Fsp3) is 0.455. The summed E-state index contributed by atoms with van der Waals surface area (Å²) in [6.45, 7) is 1.40. The Labute approximate surface area is 102 Å². The first-order chi connectivity index (χ1) is 8.16. The van der Waals surface area contributed by atoms with Crippen molar-refractivity contribution in [1.29, 1.82) is 0 Å². The molecule has 0 saturated carbocycles. The minimum Gasteiger partial charge on any atom is -0.381 e. The van der Waals surface area contributed by atoms with E-state index >= 15 is 0 Å². The number of nitro benzene ring substituents is 1. The number of thioether (sulfide) groups is 1. The molecule has 17 heavy (non-hydrogen) atoms. The third-order valence-corrected chi connectivity index (χ3v) is 3.98. The second kappa shape index (κ2) is 5.46. The Morgan fingerprint density at radius 1 is 1.41 bits per heavy atom. The normalized spacial score (nSPS) is 17.0. The molecule has 2 rings (SSSR count). The molecule has 1 aromatic rings. The van der Waals surface area contributed by atoms with Crippen molar-refractivity contribution in [3.63, 3.8) is 0 Å². The first-order valence-corrected chi connectivity index (χ1v) is 6.23. The summed E-state index contributed by atoms with van der Waals surface area (Å²) in [5, 5.41) is 10.8. The van der Waals surface area contributed by atoms with Crippen molar-refractivity contribution in [3.05, 3.63) is 34.1 Å². The molecular weight excluding hydrogens is 245 g/mol. The molecule has 0 spiro atoms. The predicted molar refractivity (Wildman–Crippen MR) is 62.8 cm³/mol. The summed E-state index contributed by atoms with van der Waals surface area (Å²) in [6.07, 6.45) is 1.78. The Balaban J connectivity index is 2.08. The molecule has 4 nitrogen and oxygen atoms in total. The third kappa shape index (κ3) is 3.17. The van der Waals surface area contributed by atoms with Gasteiger partial charge in [-0.15, -0.1) is 11.8 Å². The summed E-state index contributed by atoms with van der Waals surface area (Å²) >= 11 is 1.43. The highest BCUT2D eigenvalue weighted by Crippen LogP contribution is 2.32. The van der Waals surface area contributed by atoms with Crippen LogP contribution in [0.3, 0.4) is 0 Å². The molecule has 0 bridgehead atoms. The van der Waals surface area contributed by atoms with Gasteiger partial charge in [0.15, 0.2) is 0 Å². The van der Waals surface area contributed by atoms with E-state index in [0.717, 1.165) is 18.9 Å². The number of nitro groups is 1. The fourth-order valence-corrected chi connectivity index (χ4v) is 2.78. The van der Waals surface area contributed by atoms with Gasteiger partial charge in [0, 0.05) is 29.4 Å². The Morgan fingerprint density at radius 2 is 2.12 bits per heavy atom.